The number of aliphatic hydroxyl groups is 1. The van der Waals surface area contributed by atoms with Gasteiger partial charge >= 0.3 is 5.97 Å². The Balaban J connectivity index is 2.48. The summed E-state index contributed by atoms with van der Waals surface area (Å²) in [4.78, 5) is 18.1. The highest BCUT2D eigenvalue weighted by atomic mass is 16.4. The minimum absolute atomic E-state index is 0.0590. The van der Waals surface area contributed by atoms with Crippen LogP contribution in [-0.4, -0.2) is 26.2 Å². The molecule has 0 fully saturated rings. The second kappa shape index (κ2) is 3.82. The molecule has 0 atom stereocenters. The summed E-state index contributed by atoms with van der Waals surface area (Å²) in [6.45, 7) is -0.301. The van der Waals surface area contributed by atoms with Crippen LogP contribution in [0.25, 0.3) is 21.8 Å². The summed E-state index contributed by atoms with van der Waals surface area (Å²) in [6.07, 6.45) is 0. The third-order valence-corrected chi connectivity index (χ3v) is 2.94. The molecule has 3 rings (SSSR count). The standard InChI is InChI=1S/C13H10N2O3/c16-6-11-12-8(5-10(14-11)13(17)18)7-3-1-2-4-9(7)15-12/h1-5,15-16H,6H2,(H,17,18). The SMILES string of the molecule is O=C(O)c1cc2c([nH]c3ccccc32)c(CO)n1. The number of hydrogen-bond donors (Lipinski definition) is 3. The Morgan fingerprint density at radius 3 is 2.78 bits per heavy atom. The van der Waals surface area contributed by atoms with Crippen LogP contribution in [0.4, 0.5) is 0 Å². The summed E-state index contributed by atoms with van der Waals surface area (Å²) < 4.78 is 0. The molecule has 0 aliphatic rings. The lowest BCUT2D eigenvalue weighted by Crippen LogP contribution is -2.03. The van der Waals surface area contributed by atoms with Crippen molar-refractivity contribution in [2.24, 2.45) is 0 Å². The van der Waals surface area contributed by atoms with Crippen LogP contribution in [0.3, 0.4) is 0 Å². The Morgan fingerprint density at radius 1 is 1.28 bits per heavy atom. The monoisotopic (exact) mass is 242 g/mol. The van der Waals surface area contributed by atoms with Crippen LogP contribution in [0.1, 0.15) is 16.2 Å². The van der Waals surface area contributed by atoms with Crippen LogP contribution in [0.5, 0.6) is 0 Å². The summed E-state index contributed by atoms with van der Waals surface area (Å²) >= 11 is 0. The molecule has 0 radical (unpaired) electrons. The smallest absolute Gasteiger partial charge is 0.354 e. The molecule has 3 N–H and O–H groups in total. The van der Waals surface area contributed by atoms with Gasteiger partial charge in [0.2, 0.25) is 0 Å². The zero-order valence-electron chi connectivity index (χ0n) is 9.34. The van der Waals surface area contributed by atoms with Crippen LogP contribution in [0.15, 0.2) is 30.3 Å². The van der Waals surface area contributed by atoms with Crippen molar-refractivity contribution in [1.29, 1.82) is 0 Å². The minimum Gasteiger partial charge on any atom is -0.477 e. The van der Waals surface area contributed by atoms with E-state index in [-0.39, 0.29) is 12.3 Å². The molecule has 3 aromatic rings. The van der Waals surface area contributed by atoms with Crippen molar-refractivity contribution in [2.45, 2.75) is 6.61 Å². The van der Waals surface area contributed by atoms with Crippen LogP contribution in [0.2, 0.25) is 0 Å². The van der Waals surface area contributed by atoms with E-state index >= 15 is 0 Å². The first-order valence-electron chi connectivity index (χ1n) is 5.45. The van der Waals surface area contributed by atoms with Crippen LogP contribution in [-0.2, 0) is 6.61 Å². The van der Waals surface area contributed by atoms with Gasteiger partial charge in [-0.2, -0.15) is 0 Å². The number of nitrogens with zero attached hydrogens (tertiary/aromatic N) is 1. The van der Waals surface area contributed by atoms with Crippen molar-refractivity contribution in [3.8, 4) is 0 Å². The molecule has 2 aromatic heterocycles. The average Bonchev–Trinajstić information content (AvgIpc) is 2.76. The number of carboxylic acids is 1. The van der Waals surface area contributed by atoms with E-state index in [9.17, 15) is 9.90 Å². The molecular formula is C13H10N2O3. The molecule has 2 heterocycles. The van der Waals surface area contributed by atoms with Gasteiger partial charge in [-0.1, -0.05) is 18.2 Å². The summed E-state index contributed by atoms with van der Waals surface area (Å²) in [7, 11) is 0. The predicted octanol–water partition coefficient (Wildman–Crippen LogP) is 1.91. The van der Waals surface area contributed by atoms with Crippen molar-refractivity contribution in [3.05, 3.63) is 41.7 Å². The highest BCUT2D eigenvalue weighted by molar-refractivity contribution is 6.09. The number of para-hydroxylation sites is 1. The van der Waals surface area contributed by atoms with Gasteiger partial charge in [0.15, 0.2) is 0 Å². The quantitative estimate of drug-likeness (QED) is 0.640. The van der Waals surface area contributed by atoms with Crippen molar-refractivity contribution in [3.63, 3.8) is 0 Å². The number of pyridine rings is 1. The van der Waals surface area contributed by atoms with Crippen molar-refractivity contribution >= 4 is 27.8 Å². The maximum atomic E-state index is 11.0. The maximum absolute atomic E-state index is 11.0. The van der Waals surface area contributed by atoms with Crippen molar-refractivity contribution in [1.82, 2.24) is 9.97 Å². The Hall–Kier alpha value is -2.40. The van der Waals surface area contributed by atoms with Gasteiger partial charge in [0, 0.05) is 16.3 Å². The van der Waals surface area contributed by atoms with E-state index in [0.29, 0.717) is 11.2 Å². The molecule has 0 aliphatic carbocycles. The van der Waals surface area contributed by atoms with Gasteiger partial charge in [0.05, 0.1) is 17.8 Å². The number of fused-ring (bicyclic) bond motifs is 3. The summed E-state index contributed by atoms with van der Waals surface area (Å²) in [5.41, 5.74) is 1.87. The number of aromatic nitrogens is 2. The van der Waals surface area contributed by atoms with Gasteiger partial charge < -0.3 is 15.2 Å². The lowest BCUT2D eigenvalue weighted by atomic mass is 10.1. The van der Waals surface area contributed by atoms with Gasteiger partial charge in [-0.15, -0.1) is 0 Å². The van der Waals surface area contributed by atoms with Gasteiger partial charge in [-0.05, 0) is 12.1 Å². The molecule has 18 heavy (non-hydrogen) atoms. The number of aliphatic hydroxyl groups excluding tert-OH is 1. The molecule has 0 spiro atoms. The van der Waals surface area contributed by atoms with Crippen molar-refractivity contribution in [2.75, 3.05) is 0 Å². The maximum Gasteiger partial charge on any atom is 0.354 e. The van der Waals surface area contributed by atoms with E-state index in [4.69, 9.17) is 5.11 Å². The first-order chi connectivity index (χ1) is 8.70. The van der Waals surface area contributed by atoms with E-state index in [1.807, 2.05) is 24.3 Å². The normalized spacial score (nSPS) is 11.2. The van der Waals surface area contributed by atoms with Gasteiger partial charge in [0.1, 0.15) is 5.69 Å². The van der Waals surface area contributed by atoms with Crippen molar-refractivity contribution < 1.29 is 15.0 Å². The number of H-pyrrole nitrogens is 1. The second-order valence-electron chi connectivity index (χ2n) is 4.01. The van der Waals surface area contributed by atoms with E-state index in [0.717, 1.165) is 16.3 Å². The molecule has 1 aromatic carbocycles. The highest BCUT2D eigenvalue weighted by Gasteiger charge is 2.14. The summed E-state index contributed by atoms with van der Waals surface area (Å²) in [5.74, 6) is -1.10. The van der Waals surface area contributed by atoms with Crippen LogP contribution in [0, 0.1) is 0 Å². The predicted molar refractivity (Wildman–Crippen MR) is 66.5 cm³/mol. The zero-order valence-corrected chi connectivity index (χ0v) is 9.34. The minimum atomic E-state index is -1.10. The molecule has 5 heteroatoms. The lowest BCUT2D eigenvalue weighted by molar-refractivity contribution is 0.0690. The number of carboxylic acid groups (broad SMARTS) is 1. The molecule has 0 amide bonds. The van der Waals surface area contributed by atoms with E-state index in [2.05, 4.69) is 9.97 Å². The van der Waals surface area contributed by atoms with E-state index in [1.165, 1.54) is 6.07 Å². The number of rotatable bonds is 2. The molecule has 0 bridgehead atoms. The average molecular weight is 242 g/mol. The number of hydrogen-bond acceptors (Lipinski definition) is 3. The Bertz CT molecular complexity index is 761. The molecule has 0 saturated carbocycles. The number of aromatic amines is 1. The number of aromatic carboxylic acids is 1. The third-order valence-electron chi connectivity index (χ3n) is 2.94. The lowest BCUT2D eigenvalue weighted by Gasteiger charge is -2.01. The first kappa shape index (κ1) is 10.7. The second-order valence-corrected chi connectivity index (χ2v) is 4.01. The third kappa shape index (κ3) is 1.45. The Kier molecular flexibility index (Phi) is 2.28. The van der Waals surface area contributed by atoms with E-state index in [1.54, 1.807) is 0 Å². The fourth-order valence-corrected chi connectivity index (χ4v) is 2.14. The zero-order chi connectivity index (χ0) is 12.7. The van der Waals surface area contributed by atoms with Gasteiger partial charge in [-0.3, -0.25) is 0 Å². The highest BCUT2D eigenvalue weighted by Crippen LogP contribution is 2.27. The molecule has 0 unspecified atom stereocenters. The summed E-state index contributed by atoms with van der Waals surface area (Å²) in [5, 5.41) is 20.0. The van der Waals surface area contributed by atoms with Gasteiger partial charge in [0.25, 0.3) is 0 Å². The molecule has 5 nitrogen and oxygen atoms in total. The molecule has 0 saturated heterocycles. The fraction of sp³-hybridized carbons (Fsp3) is 0.0769. The Labute approximate surface area is 102 Å². The molecule has 90 valence electrons. The fourth-order valence-electron chi connectivity index (χ4n) is 2.14. The summed E-state index contributed by atoms with van der Waals surface area (Å²) in [6, 6.07) is 9.10. The molecular weight excluding hydrogens is 232 g/mol. The van der Waals surface area contributed by atoms with Crippen LogP contribution < -0.4 is 0 Å². The number of benzene rings is 1. The number of carbonyl (C=O) groups is 1. The first-order valence-corrected chi connectivity index (χ1v) is 5.45. The number of nitrogens with one attached hydrogen (secondary N) is 1. The van der Waals surface area contributed by atoms with Crippen LogP contribution >= 0.6 is 0 Å². The van der Waals surface area contributed by atoms with E-state index < -0.39 is 5.97 Å². The largest absolute Gasteiger partial charge is 0.477 e. The molecule has 0 aliphatic heterocycles. The Morgan fingerprint density at radius 2 is 2.06 bits per heavy atom. The topological polar surface area (TPSA) is 86.2 Å². The van der Waals surface area contributed by atoms with Gasteiger partial charge in [-0.25, -0.2) is 9.78 Å².